The predicted molar refractivity (Wildman–Crippen MR) is 151 cm³/mol. The van der Waals surface area contributed by atoms with Gasteiger partial charge in [0.15, 0.2) is 0 Å². The zero-order valence-electron chi connectivity index (χ0n) is 21.2. The van der Waals surface area contributed by atoms with Crippen LogP contribution in [0.15, 0.2) is 96.6 Å². The summed E-state index contributed by atoms with van der Waals surface area (Å²) < 4.78 is 0. The first kappa shape index (κ1) is 23.9. The Kier molecular flexibility index (Phi) is 5.54. The molecule has 0 spiro atoms. The number of amides is 4. The van der Waals surface area contributed by atoms with Gasteiger partial charge in [0, 0.05) is 17.3 Å². The number of benzene rings is 3. The van der Waals surface area contributed by atoms with Crippen molar-refractivity contribution >= 4 is 57.3 Å². The maximum atomic E-state index is 13.4. The molecule has 3 heterocycles. The molecule has 0 atom stereocenters. The number of carbonyl (C=O) groups is 3. The summed E-state index contributed by atoms with van der Waals surface area (Å²) in [5, 5.41) is 0.965. The van der Waals surface area contributed by atoms with Crippen molar-refractivity contribution in [3.05, 3.63) is 113 Å². The van der Waals surface area contributed by atoms with Gasteiger partial charge >= 0.3 is 6.03 Å². The van der Waals surface area contributed by atoms with E-state index in [1.807, 2.05) is 24.3 Å². The van der Waals surface area contributed by atoms with E-state index in [1.165, 1.54) is 29.5 Å². The molecule has 6 nitrogen and oxygen atoms in total. The topological polar surface area (TPSA) is 60.9 Å². The number of urea groups is 1. The van der Waals surface area contributed by atoms with Crippen LogP contribution in [0.5, 0.6) is 0 Å². The fourth-order valence-electron chi connectivity index (χ4n) is 5.23. The summed E-state index contributed by atoms with van der Waals surface area (Å²) in [6.07, 6.45) is 1.59. The van der Waals surface area contributed by atoms with Gasteiger partial charge in [0.05, 0.1) is 17.1 Å². The Balaban J connectivity index is 1.42. The Morgan fingerprint density at radius 3 is 1.89 bits per heavy atom. The molecular formula is C31H25N3O3S. The molecule has 0 unspecified atom stereocenters. The van der Waals surface area contributed by atoms with E-state index in [4.69, 9.17) is 0 Å². The smallest absolute Gasteiger partial charge is 0.301 e. The van der Waals surface area contributed by atoms with Crippen LogP contribution >= 0.6 is 11.3 Å². The minimum atomic E-state index is -0.667. The first-order valence-corrected chi connectivity index (χ1v) is 13.1. The van der Waals surface area contributed by atoms with Gasteiger partial charge in [-0.15, -0.1) is 11.3 Å². The monoisotopic (exact) mass is 519 g/mol. The first-order chi connectivity index (χ1) is 18.3. The number of imide groups is 2. The van der Waals surface area contributed by atoms with Gasteiger partial charge in [-0.2, -0.15) is 0 Å². The minimum absolute atomic E-state index is 0.0510. The summed E-state index contributed by atoms with van der Waals surface area (Å²) in [5.74, 6) is -1.24. The molecule has 0 saturated carbocycles. The number of likely N-dealkylation sites (N-methyl/N-ethyl adjacent to an activating group) is 1. The maximum Gasteiger partial charge on any atom is 0.338 e. The van der Waals surface area contributed by atoms with Crippen LogP contribution in [0.3, 0.4) is 0 Å². The standard InChI is InChI=1S/C31H25N3O3S/c1-31(2)23-13-7-9-15-25(23)34(26-16-10-8-14-24(26)31)27-18-17-21(38-27)19-22-28(35)32(3)30(37)33(29(22)36)20-11-5-4-6-12-20/h4-19H,1-3H3/b22-19+. The lowest BCUT2D eigenvalue weighted by atomic mass is 9.74. The van der Waals surface area contributed by atoms with E-state index in [-0.39, 0.29) is 11.0 Å². The second-order valence-corrected chi connectivity index (χ2v) is 10.9. The number of hydrogen-bond donors (Lipinski definition) is 0. The van der Waals surface area contributed by atoms with Crippen LogP contribution in [-0.4, -0.2) is 29.8 Å². The van der Waals surface area contributed by atoms with Crippen molar-refractivity contribution < 1.29 is 14.4 Å². The van der Waals surface area contributed by atoms with Crippen molar-refractivity contribution in [2.75, 3.05) is 16.8 Å². The molecule has 1 saturated heterocycles. The van der Waals surface area contributed by atoms with E-state index >= 15 is 0 Å². The molecule has 7 heteroatoms. The van der Waals surface area contributed by atoms with Crippen molar-refractivity contribution in [1.29, 1.82) is 0 Å². The quantitative estimate of drug-likeness (QED) is 0.219. The van der Waals surface area contributed by atoms with Gasteiger partial charge in [-0.25, -0.2) is 9.69 Å². The molecule has 0 radical (unpaired) electrons. The normalized spacial score (nSPS) is 17.6. The highest BCUT2D eigenvalue weighted by Crippen LogP contribution is 2.52. The molecule has 1 fully saturated rings. The summed E-state index contributed by atoms with van der Waals surface area (Å²) in [4.78, 5) is 44.2. The molecule has 188 valence electrons. The molecule has 2 aliphatic heterocycles. The van der Waals surface area contributed by atoms with Crippen LogP contribution in [0.4, 0.5) is 26.9 Å². The van der Waals surface area contributed by atoms with Crippen molar-refractivity contribution in [3.8, 4) is 0 Å². The van der Waals surface area contributed by atoms with E-state index < -0.39 is 17.8 Å². The lowest BCUT2D eigenvalue weighted by Crippen LogP contribution is -2.55. The van der Waals surface area contributed by atoms with Gasteiger partial charge in [-0.05, 0) is 53.6 Å². The van der Waals surface area contributed by atoms with E-state index in [9.17, 15) is 14.4 Å². The van der Waals surface area contributed by atoms with Crippen LogP contribution in [-0.2, 0) is 15.0 Å². The summed E-state index contributed by atoms with van der Waals surface area (Å²) in [6.45, 7) is 4.48. The van der Waals surface area contributed by atoms with Gasteiger partial charge in [-0.1, -0.05) is 68.4 Å². The van der Waals surface area contributed by atoms with Gasteiger partial charge in [-0.3, -0.25) is 14.5 Å². The van der Waals surface area contributed by atoms with Crippen molar-refractivity contribution in [2.45, 2.75) is 19.3 Å². The van der Waals surface area contributed by atoms with Crippen LogP contribution in [0.1, 0.15) is 29.9 Å². The Labute approximate surface area is 225 Å². The van der Waals surface area contributed by atoms with E-state index in [0.717, 1.165) is 31.1 Å². The van der Waals surface area contributed by atoms with Crippen LogP contribution in [0.25, 0.3) is 6.08 Å². The molecule has 4 aromatic rings. The van der Waals surface area contributed by atoms with Crippen molar-refractivity contribution in [3.63, 3.8) is 0 Å². The lowest BCUT2D eigenvalue weighted by molar-refractivity contribution is -0.128. The molecule has 4 amide bonds. The summed E-state index contributed by atoms with van der Waals surface area (Å²) in [6, 6.07) is 28.7. The number of hydrogen-bond acceptors (Lipinski definition) is 5. The lowest BCUT2D eigenvalue weighted by Gasteiger charge is -2.41. The van der Waals surface area contributed by atoms with Gasteiger partial charge < -0.3 is 4.90 Å². The van der Waals surface area contributed by atoms with Crippen molar-refractivity contribution in [1.82, 2.24) is 4.90 Å². The second kappa shape index (κ2) is 8.82. The largest absolute Gasteiger partial charge is 0.338 e. The van der Waals surface area contributed by atoms with Gasteiger partial charge in [0.25, 0.3) is 11.8 Å². The molecule has 1 aromatic heterocycles. The van der Waals surface area contributed by atoms with Crippen LogP contribution < -0.4 is 9.80 Å². The SMILES string of the molecule is CN1C(=O)/C(=C\c2ccc(N3c4ccccc4C(C)(C)c4ccccc43)s2)C(=O)N(c2ccccc2)C1=O. The van der Waals surface area contributed by atoms with Crippen LogP contribution in [0.2, 0.25) is 0 Å². The first-order valence-electron chi connectivity index (χ1n) is 12.3. The minimum Gasteiger partial charge on any atom is -0.301 e. The molecule has 3 aromatic carbocycles. The Hall–Kier alpha value is -4.49. The van der Waals surface area contributed by atoms with E-state index in [1.54, 1.807) is 36.4 Å². The number of carbonyl (C=O) groups excluding carboxylic acids is 3. The number of nitrogens with zero attached hydrogens (tertiary/aromatic N) is 3. The number of barbiturate groups is 1. The number of rotatable bonds is 3. The number of thiophene rings is 1. The maximum absolute atomic E-state index is 13.4. The highest BCUT2D eigenvalue weighted by molar-refractivity contribution is 7.17. The zero-order chi connectivity index (χ0) is 26.6. The Morgan fingerprint density at radius 1 is 0.684 bits per heavy atom. The van der Waals surface area contributed by atoms with Gasteiger partial charge in [0.1, 0.15) is 10.6 Å². The van der Waals surface area contributed by atoms with Gasteiger partial charge in [0.2, 0.25) is 0 Å². The molecule has 38 heavy (non-hydrogen) atoms. The molecular weight excluding hydrogens is 494 g/mol. The number of anilines is 4. The number of fused-ring (bicyclic) bond motifs is 2. The van der Waals surface area contributed by atoms with Crippen molar-refractivity contribution in [2.24, 2.45) is 0 Å². The van der Waals surface area contributed by atoms with E-state index in [0.29, 0.717) is 5.69 Å². The fourth-order valence-corrected chi connectivity index (χ4v) is 6.21. The Morgan fingerprint density at radius 2 is 1.26 bits per heavy atom. The molecule has 2 aliphatic rings. The third kappa shape index (κ3) is 3.58. The highest BCUT2D eigenvalue weighted by atomic mass is 32.1. The van der Waals surface area contributed by atoms with Crippen LogP contribution in [0, 0.1) is 0 Å². The molecule has 0 aliphatic carbocycles. The Bertz CT molecular complexity index is 1590. The predicted octanol–water partition coefficient (Wildman–Crippen LogP) is 6.87. The zero-order valence-corrected chi connectivity index (χ0v) is 22.0. The highest BCUT2D eigenvalue weighted by Gasteiger charge is 2.41. The average Bonchev–Trinajstić information content (AvgIpc) is 3.39. The number of para-hydroxylation sites is 3. The molecule has 6 rings (SSSR count). The third-order valence-corrected chi connectivity index (χ3v) is 8.23. The summed E-state index contributed by atoms with van der Waals surface area (Å²) in [7, 11) is 1.39. The summed E-state index contributed by atoms with van der Waals surface area (Å²) in [5.41, 5.74) is 4.86. The third-order valence-electron chi connectivity index (χ3n) is 7.22. The summed E-state index contributed by atoms with van der Waals surface area (Å²) >= 11 is 1.49. The van der Waals surface area contributed by atoms with E-state index in [2.05, 4.69) is 55.1 Å². The molecule has 0 bridgehead atoms. The molecule has 0 N–H and O–H groups in total. The fraction of sp³-hybridized carbons (Fsp3) is 0.129. The second-order valence-electron chi connectivity index (χ2n) is 9.85. The average molecular weight is 520 g/mol.